The van der Waals surface area contributed by atoms with Crippen molar-refractivity contribution in [1.82, 2.24) is 0 Å². The average Bonchev–Trinajstić information content (AvgIpc) is 2.71. The van der Waals surface area contributed by atoms with Crippen LogP contribution in [-0.4, -0.2) is 12.9 Å². The van der Waals surface area contributed by atoms with Crippen molar-refractivity contribution in [3.63, 3.8) is 0 Å². The lowest BCUT2D eigenvalue weighted by Crippen LogP contribution is -2.16. The number of fused-ring (bicyclic) bond motifs is 1. The molecule has 1 atom stereocenters. The first kappa shape index (κ1) is 16.7. The highest BCUT2D eigenvalue weighted by molar-refractivity contribution is 8.00. The fourth-order valence-corrected chi connectivity index (χ4v) is 4.41. The van der Waals surface area contributed by atoms with Crippen LogP contribution in [0.15, 0.2) is 89.3 Å². The summed E-state index contributed by atoms with van der Waals surface area (Å²) in [5, 5.41) is -0.0132. The number of ether oxygens (including phenoxy) is 1. The molecule has 0 radical (unpaired) electrons. The second-order valence-corrected chi connectivity index (χ2v) is 7.25. The molecule has 4 rings (SSSR count). The molecule has 0 saturated carbocycles. The normalized spacial score (nSPS) is 17.8. The molecule has 0 aromatic heterocycles. The summed E-state index contributed by atoms with van der Waals surface area (Å²) in [4.78, 5) is 14.3. The zero-order valence-electron chi connectivity index (χ0n) is 14.4. The highest BCUT2D eigenvalue weighted by atomic mass is 32.2. The summed E-state index contributed by atoms with van der Waals surface area (Å²) in [5.41, 5.74) is 3.73. The summed E-state index contributed by atoms with van der Waals surface area (Å²) in [7, 11) is 1.65. The number of ketones is 1. The number of rotatable bonds is 3. The van der Waals surface area contributed by atoms with Crippen molar-refractivity contribution in [2.24, 2.45) is 0 Å². The van der Waals surface area contributed by atoms with Gasteiger partial charge in [-0.3, -0.25) is 4.79 Å². The SMILES string of the molecule is COc1ccc(/C=C2/C(=O)c3ccccc3SC2c2ccccc2)cc1. The maximum absolute atomic E-state index is 13.2. The van der Waals surface area contributed by atoms with E-state index in [-0.39, 0.29) is 11.0 Å². The van der Waals surface area contributed by atoms with Gasteiger partial charge in [-0.05, 0) is 41.5 Å². The number of carbonyl (C=O) groups is 1. The average molecular weight is 358 g/mol. The van der Waals surface area contributed by atoms with Crippen LogP contribution in [0.2, 0.25) is 0 Å². The Labute approximate surface area is 157 Å². The molecule has 0 aliphatic carbocycles. The molecule has 26 heavy (non-hydrogen) atoms. The van der Waals surface area contributed by atoms with E-state index in [9.17, 15) is 4.79 Å². The third-order valence-corrected chi connectivity index (χ3v) is 5.83. The maximum atomic E-state index is 13.2. The molecule has 3 aromatic rings. The summed E-state index contributed by atoms with van der Waals surface area (Å²) >= 11 is 1.74. The molecule has 128 valence electrons. The molecule has 0 bridgehead atoms. The first-order valence-electron chi connectivity index (χ1n) is 8.47. The molecule has 0 amide bonds. The first-order valence-corrected chi connectivity index (χ1v) is 9.35. The third kappa shape index (κ3) is 3.18. The molecule has 1 aliphatic rings. The second-order valence-electron chi connectivity index (χ2n) is 6.11. The molecule has 3 aromatic carbocycles. The van der Waals surface area contributed by atoms with Crippen LogP contribution in [0.1, 0.15) is 26.7 Å². The minimum absolute atomic E-state index is 0.0132. The van der Waals surface area contributed by atoms with Crippen LogP contribution in [0.5, 0.6) is 5.75 Å². The van der Waals surface area contributed by atoms with Crippen molar-refractivity contribution >= 4 is 23.6 Å². The zero-order chi connectivity index (χ0) is 17.9. The van der Waals surface area contributed by atoms with Gasteiger partial charge in [-0.25, -0.2) is 0 Å². The Morgan fingerprint density at radius 1 is 0.885 bits per heavy atom. The van der Waals surface area contributed by atoms with E-state index in [4.69, 9.17) is 4.74 Å². The van der Waals surface area contributed by atoms with Crippen LogP contribution >= 0.6 is 11.8 Å². The van der Waals surface area contributed by atoms with Gasteiger partial charge in [0.1, 0.15) is 5.75 Å². The third-order valence-electron chi connectivity index (χ3n) is 4.46. The Kier molecular flexibility index (Phi) is 4.63. The minimum Gasteiger partial charge on any atom is -0.497 e. The van der Waals surface area contributed by atoms with Crippen molar-refractivity contribution in [2.75, 3.05) is 7.11 Å². The number of thioether (sulfide) groups is 1. The lowest BCUT2D eigenvalue weighted by molar-refractivity contribution is 0.102. The Hall–Kier alpha value is -2.78. The largest absolute Gasteiger partial charge is 0.497 e. The number of hydrogen-bond acceptors (Lipinski definition) is 3. The van der Waals surface area contributed by atoms with Gasteiger partial charge in [-0.1, -0.05) is 54.6 Å². The van der Waals surface area contributed by atoms with Gasteiger partial charge >= 0.3 is 0 Å². The van der Waals surface area contributed by atoms with Gasteiger partial charge in [-0.15, -0.1) is 11.8 Å². The summed E-state index contributed by atoms with van der Waals surface area (Å²) in [6.45, 7) is 0. The summed E-state index contributed by atoms with van der Waals surface area (Å²) in [6, 6.07) is 25.8. The number of hydrogen-bond donors (Lipinski definition) is 0. The molecule has 0 fully saturated rings. The van der Waals surface area contributed by atoms with E-state index in [2.05, 4.69) is 12.1 Å². The van der Waals surface area contributed by atoms with Crippen molar-refractivity contribution in [3.8, 4) is 5.75 Å². The van der Waals surface area contributed by atoms with Crippen molar-refractivity contribution in [1.29, 1.82) is 0 Å². The van der Waals surface area contributed by atoms with Crippen LogP contribution in [0.3, 0.4) is 0 Å². The fourth-order valence-electron chi connectivity index (χ4n) is 3.12. The highest BCUT2D eigenvalue weighted by Gasteiger charge is 2.31. The van der Waals surface area contributed by atoms with E-state index >= 15 is 0 Å². The van der Waals surface area contributed by atoms with Crippen LogP contribution in [0, 0.1) is 0 Å². The Morgan fingerprint density at radius 3 is 2.31 bits per heavy atom. The zero-order valence-corrected chi connectivity index (χ0v) is 15.2. The number of carbonyl (C=O) groups excluding carboxylic acids is 1. The first-order chi connectivity index (χ1) is 12.8. The van der Waals surface area contributed by atoms with Gasteiger partial charge in [0.15, 0.2) is 5.78 Å². The highest BCUT2D eigenvalue weighted by Crippen LogP contribution is 2.48. The molecule has 2 nitrogen and oxygen atoms in total. The predicted octanol–water partition coefficient (Wildman–Crippen LogP) is 5.81. The van der Waals surface area contributed by atoms with E-state index in [1.54, 1.807) is 18.9 Å². The molecule has 1 aliphatic heterocycles. The van der Waals surface area contributed by atoms with Crippen molar-refractivity contribution < 1.29 is 9.53 Å². The van der Waals surface area contributed by atoms with Gasteiger partial charge in [0.25, 0.3) is 0 Å². The lowest BCUT2D eigenvalue weighted by atomic mass is 9.94. The van der Waals surface area contributed by atoms with E-state index in [1.807, 2.05) is 72.8 Å². The summed E-state index contributed by atoms with van der Waals surface area (Å²) in [6.07, 6.45) is 2.00. The van der Waals surface area contributed by atoms with Crippen molar-refractivity contribution in [2.45, 2.75) is 10.1 Å². The Balaban J connectivity index is 1.82. The van der Waals surface area contributed by atoms with Crippen LogP contribution in [-0.2, 0) is 0 Å². The van der Waals surface area contributed by atoms with Crippen LogP contribution < -0.4 is 4.74 Å². The lowest BCUT2D eigenvalue weighted by Gasteiger charge is -2.26. The van der Waals surface area contributed by atoms with Gasteiger partial charge < -0.3 is 4.74 Å². The molecular weight excluding hydrogens is 340 g/mol. The van der Waals surface area contributed by atoms with Crippen molar-refractivity contribution in [3.05, 3.63) is 101 Å². The maximum Gasteiger partial charge on any atom is 0.191 e. The summed E-state index contributed by atoms with van der Waals surface area (Å²) < 4.78 is 5.23. The summed E-state index contributed by atoms with van der Waals surface area (Å²) in [5.74, 6) is 0.908. The molecule has 1 heterocycles. The van der Waals surface area contributed by atoms with E-state index < -0.39 is 0 Å². The quantitative estimate of drug-likeness (QED) is 0.553. The van der Waals surface area contributed by atoms with Gasteiger partial charge in [-0.2, -0.15) is 0 Å². The number of benzene rings is 3. The Morgan fingerprint density at radius 2 is 1.58 bits per heavy atom. The molecule has 0 saturated heterocycles. The monoisotopic (exact) mass is 358 g/mol. The second kappa shape index (κ2) is 7.22. The van der Waals surface area contributed by atoms with Crippen LogP contribution in [0.25, 0.3) is 6.08 Å². The molecule has 1 unspecified atom stereocenters. The standard InChI is InChI=1S/C23H18O2S/c1-25-18-13-11-16(12-14-18)15-20-22(24)19-9-5-6-10-21(19)26-23(20)17-7-3-2-4-8-17/h2-15,23H,1H3/b20-15-. The van der Waals surface area contributed by atoms with Gasteiger partial charge in [0.2, 0.25) is 0 Å². The Bertz CT molecular complexity index is 959. The number of Topliss-reactive ketones (excluding diaryl/α,β-unsaturated/α-hetero) is 1. The van der Waals surface area contributed by atoms with E-state index in [0.29, 0.717) is 0 Å². The van der Waals surface area contributed by atoms with E-state index in [1.165, 1.54) is 0 Å². The fraction of sp³-hybridized carbons (Fsp3) is 0.0870. The molecular formula is C23H18O2S. The van der Waals surface area contributed by atoms with Gasteiger partial charge in [0, 0.05) is 16.0 Å². The molecule has 0 N–H and O–H groups in total. The topological polar surface area (TPSA) is 26.3 Å². The molecule has 3 heteroatoms. The van der Waals surface area contributed by atoms with Crippen LogP contribution in [0.4, 0.5) is 0 Å². The van der Waals surface area contributed by atoms with Gasteiger partial charge in [0.05, 0.1) is 12.4 Å². The smallest absolute Gasteiger partial charge is 0.191 e. The number of methoxy groups -OCH3 is 1. The molecule has 0 spiro atoms. The van der Waals surface area contributed by atoms with E-state index in [0.717, 1.165) is 32.9 Å². The minimum atomic E-state index is -0.0132. The predicted molar refractivity (Wildman–Crippen MR) is 107 cm³/mol.